The molecule has 3 aromatic rings. The summed E-state index contributed by atoms with van der Waals surface area (Å²) in [6.07, 6.45) is 0. The number of fused-ring (bicyclic) bond motifs is 1. The van der Waals surface area contributed by atoms with E-state index in [0.717, 1.165) is 11.5 Å². The van der Waals surface area contributed by atoms with Gasteiger partial charge in [-0.1, -0.05) is 0 Å². The maximum Gasteiger partial charge on any atom is 0.238 e. The molecule has 0 spiro atoms. The maximum absolute atomic E-state index is 11.5. The summed E-state index contributed by atoms with van der Waals surface area (Å²) < 4.78 is 28.8. The number of nitriles is 2. The number of aryl methyl sites for hydroxylation is 1. The topological polar surface area (TPSA) is 163 Å². The number of sulfonamides is 1. The van der Waals surface area contributed by atoms with E-state index in [2.05, 4.69) is 19.6 Å². The summed E-state index contributed by atoms with van der Waals surface area (Å²) in [6.45, 7) is 1.69. The Labute approximate surface area is 158 Å². The van der Waals surface area contributed by atoms with Crippen molar-refractivity contribution in [1.29, 1.82) is 10.5 Å². The van der Waals surface area contributed by atoms with Crippen LogP contribution < -0.4 is 5.14 Å². The molecule has 0 radical (unpaired) electrons. The summed E-state index contributed by atoms with van der Waals surface area (Å²) in [7, 11) is -2.22. The zero-order valence-electron chi connectivity index (χ0n) is 14.2. The first-order valence-corrected chi connectivity index (χ1v) is 9.74. The molecule has 0 unspecified atom stereocenters. The number of nitrogens with zero attached hydrogens (tertiary/aromatic N) is 7. The molecule has 2 heterocycles. The zero-order chi connectivity index (χ0) is 19.8. The maximum atomic E-state index is 11.5. The van der Waals surface area contributed by atoms with Gasteiger partial charge in [-0.15, -0.1) is 10.2 Å². The van der Waals surface area contributed by atoms with Crippen molar-refractivity contribution in [3.05, 3.63) is 29.7 Å². The van der Waals surface area contributed by atoms with Gasteiger partial charge in [0.25, 0.3) is 0 Å². The predicted molar refractivity (Wildman–Crippen MR) is 97.1 cm³/mol. The molecule has 0 aliphatic heterocycles. The van der Waals surface area contributed by atoms with Gasteiger partial charge >= 0.3 is 0 Å². The van der Waals surface area contributed by atoms with Gasteiger partial charge in [-0.3, -0.25) is 0 Å². The Kier molecular flexibility index (Phi) is 4.72. The molecule has 12 heteroatoms. The second-order valence-electron chi connectivity index (χ2n) is 5.54. The van der Waals surface area contributed by atoms with Crippen LogP contribution in [-0.4, -0.2) is 22.3 Å². The molecule has 2 aromatic heterocycles. The van der Waals surface area contributed by atoms with Crippen LogP contribution in [0.5, 0.6) is 0 Å². The molecule has 0 saturated heterocycles. The third-order valence-corrected chi connectivity index (χ3v) is 5.45. The van der Waals surface area contributed by atoms with Crippen molar-refractivity contribution in [1.82, 2.24) is 13.9 Å². The average Bonchev–Trinajstić information content (AvgIpc) is 3.15. The monoisotopic (exact) mass is 400 g/mol. The summed E-state index contributed by atoms with van der Waals surface area (Å²) >= 11 is 1.05. The molecule has 0 saturated carbocycles. The molecule has 27 heavy (non-hydrogen) atoms. The number of rotatable bonds is 4. The van der Waals surface area contributed by atoms with Gasteiger partial charge < -0.3 is 4.57 Å². The van der Waals surface area contributed by atoms with Crippen molar-refractivity contribution in [3.8, 4) is 12.1 Å². The zero-order valence-corrected chi connectivity index (χ0v) is 15.8. The molecule has 0 amide bonds. The average molecular weight is 400 g/mol. The van der Waals surface area contributed by atoms with E-state index in [1.807, 2.05) is 12.1 Å². The quantitative estimate of drug-likeness (QED) is 0.661. The van der Waals surface area contributed by atoms with E-state index in [0.29, 0.717) is 27.4 Å². The van der Waals surface area contributed by atoms with Crippen LogP contribution in [0.2, 0.25) is 0 Å². The fourth-order valence-electron chi connectivity index (χ4n) is 2.44. The van der Waals surface area contributed by atoms with Crippen LogP contribution in [-0.2, 0) is 17.1 Å². The van der Waals surface area contributed by atoms with Gasteiger partial charge in [0.2, 0.25) is 10.0 Å². The fraction of sp³-hybridized carbons (Fsp3) is 0.200. The number of benzene rings is 1. The van der Waals surface area contributed by atoms with Gasteiger partial charge in [-0.25, -0.2) is 18.5 Å². The van der Waals surface area contributed by atoms with Crippen LogP contribution in [0.3, 0.4) is 0 Å². The highest BCUT2D eigenvalue weighted by molar-refractivity contribution is 7.89. The lowest BCUT2D eigenvalue weighted by Gasteiger charge is -2.01. The lowest BCUT2D eigenvalue weighted by Crippen LogP contribution is -2.11. The Balaban J connectivity index is 2.05. The van der Waals surface area contributed by atoms with E-state index in [-0.39, 0.29) is 10.7 Å². The molecule has 3 rings (SSSR count). The van der Waals surface area contributed by atoms with Crippen LogP contribution in [0.1, 0.15) is 17.4 Å². The Bertz CT molecular complexity index is 1240. The number of aromatic nitrogens is 3. The first-order valence-electron chi connectivity index (χ1n) is 7.42. The third-order valence-electron chi connectivity index (χ3n) is 3.78. The Morgan fingerprint density at radius 2 is 2.00 bits per heavy atom. The van der Waals surface area contributed by atoms with Crippen molar-refractivity contribution >= 4 is 43.3 Å². The minimum Gasteiger partial charge on any atom is -0.313 e. The van der Waals surface area contributed by atoms with Crippen LogP contribution in [0.25, 0.3) is 10.9 Å². The second kappa shape index (κ2) is 6.85. The van der Waals surface area contributed by atoms with Gasteiger partial charge in [-0.05, 0) is 36.7 Å². The highest BCUT2D eigenvalue weighted by Gasteiger charge is 2.20. The minimum atomic E-state index is -3.85. The van der Waals surface area contributed by atoms with Gasteiger partial charge in [0.1, 0.15) is 5.82 Å². The van der Waals surface area contributed by atoms with E-state index in [4.69, 9.17) is 15.7 Å². The Morgan fingerprint density at radius 1 is 1.30 bits per heavy atom. The smallest absolute Gasteiger partial charge is 0.238 e. The molecule has 136 valence electrons. The van der Waals surface area contributed by atoms with Crippen LogP contribution in [0.15, 0.2) is 33.3 Å². The normalized spacial score (nSPS) is 11.9. The number of nitrogens with two attached hydrogens (primary N) is 1. The highest BCUT2D eigenvalue weighted by Crippen LogP contribution is 2.34. The summed E-state index contributed by atoms with van der Waals surface area (Å²) in [5.74, 6) is -0.360. The highest BCUT2D eigenvalue weighted by atomic mass is 32.2. The van der Waals surface area contributed by atoms with E-state index in [1.165, 1.54) is 16.7 Å². The van der Waals surface area contributed by atoms with Crippen LogP contribution >= 0.6 is 11.5 Å². The first-order chi connectivity index (χ1) is 12.8. The summed E-state index contributed by atoms with van der Waals surface area (Å²) in [5, 5.41) is 32.5. The van der Waals surface area contributed by atoms with Crippen LogP contribution in [0, 0.1) is 29.6 Å². The number of hydrogen-bond donors (Lipinski definition) is 1. The van der Waals surface area contributed by atoms with Crippen molar-refractivity contribution < 1.29 is 8.42 Å². The second-order valence-corrected chi connectivity index (χ2v) is 7.85. The number of hydrogen-bond acceptors (Lipinski definition) is 9. The summed E-state index contributed by atoms with van der Waals surface area (Å²) in [5.41, 5.74) is 1.07. The number of imidazole rings is 1. The van der Waals surface area contributed by atoms with E-state index >= 15 is 0 Å². The van der Waals surface area contributed by atoms with E-state index < -0.39 is 15.9 Å². The Hall–Kier alpha value is -3.19. The molecule has 0 bridgehead atoms. The molecule has 2 N–H and O–H groups in total. The molecular weight excluding hydrogens is 388 g/mol. The SMILES string of the molecule is Cc1nc(C(C#N)C#N)n(C)c1N=Nc1snc2ccc(S(N)(=O)=O)cc12. The molecule has 0 fully saturated rings. The third kappa shape index (κ3) is 3.41. The largest absolute Gasteiger partial charge is 0.313 e. The number of azo groups is 1. The van der Waals surface area contributed by atoms with Gasteiger partial charge in [-0.2, -0.15) is 14.9 Å². The van der Waals surface area contributed by atoms with Gasteiger partial charge in [0.05, 0.1) is 28.2 Å². The first kappa shape index (κ1) is 18.6. The Morgan fingerprint density at radius 3 is 2.63 bits per heavy atom. The molecule has 10 nitrogen and oxygen atoms in total. The molecule has 1 aromatic carbocycles. The lowest BCUT2D eigenvalue weighted by atomic mass is 10.2. The van der Waals surface area contributed by atoms with Crippen molar-refractivity contribution in [2.24, 2.45) is 22.4 Å². The van der Waals surface area contributed by atoms with Crippen LogP contribution in [0.4, 0.5) is 10.8 Å². The van der Waals surface area contributed by atoms with Crippen molar-refractivity contribution in [2.75, 3.05) is 0 Å². The minimum absolute atomic E-state index is 0.0449. The van der Waals surface area contributed by atoms with Crippen molar-refractivity contribution in [2.45, 2.75) is 17.7 Å². The predicted octanol–water partition coefficient (Wildman–Crippen LogP) is 2.53. The summed E-state index contributed by atoms with van der Waals surface area (Å²) in [6, 6.07) is 8.05. The van der Waals surface area contributed by atoms with Crippen molar-refractivity contribution in [3.63, 3.8) is 0 Å². The van der Waals surface area contributed by atoms with Gasteiger partial charge in [0.15, 0.2) is 16.7 Å². The standard InChI is InChI=1S/C15H12N8O2S2/c1-8-13(23(2)14(19-8)9(6-16)7-17)20-21-15-11-5-10(27(18,24)25)3-4-12(11)22-26-15/h3-5,9H,1-2H3,(H2,18,24,25). The number of primary sulfonamides is 1. The molecule has 0 aliphatic carbocycles. The van der Waals surface area contributed by atoms with Gasteiger partial charge in [0, 0.05) is 12.4 Å². The summed E-state index contributed by atoms with van der Waals surface area (Å²) in [4.78, 5) is 4.17. The molecule has 0 aliphatic rings. The fourth-order valence-corrected chi connectivity index (χ4v) is 3.66. The molecular formula is C15H12N8O2S2. The lowest BCUT2D eigenvalue weighted by molar-refractivity contribution is 0.598. The molecule has 0 atom stereocenters. The van der Waals surface area contributed by atoms with E-state index in [9.17, 15) is 8.42 Å². The van der Waals surface area contributed by atoms with E-state index in [1.54, 1.807) is 20.0 Å².